The van der Waals surface area contributed by atoms with Gasteiger partial charge in [-0.3, -0.25) is 0 Å². The van der Waals surface area contributed by atoms with E-state index in [9.17, 15) is 5.11 Å². The first-order valence-corrected chi connectivity index (χ1v) is 6.43. The quantitative estimate of drug-likeness (QED) is 0.856. The zero-order valence-electron chi connectivity index (χ0n) is 10.8. The molecule has 0 aromatic carbocycles. The van der Waals surface area contributed by atoms with E-state index >= 15 is 0 Å². The third-order valence-corrected chi connectivity index (χ3v) is 4.29. The Bertz CT molecular complexity index is 339. The van der Waals surface area contributed by atoms with Crippen LogP contribution in [0.2, 0.25) is 0 Å². The second-order valence-electron chi connectivity index (χ2n) is 5.15. The maximum atomic E-state index is 10.4. The van der Waals surface area contributed by atoms with Crippen molar-refractivity contribution in [3.63, 3.8) is 0 Å². The van der Waals surface area contributed by atoms with Crippen molar-refractivity contribution in [2.75, 3.05) is 7.11 Å². The van der Waals surface area contributed by atoms with Crippen LogP contribution in [0, 0.1) is 6.92 Å². The van der Waals surface area contributed by atoms with Gasteiger partial charge in [0.2, 0.25) is 0 Å². The van der Waals surface area contributed by atoms with Crippen LogP contribution < -0.4 is 0 Å². The third kappa shape index (κ3) is 3.58. The van der Waals surface area contributed by atoms with Gasteiger partial charge >= 0.3 is 0 Å². The van der Waals surface area contributed by atoms with Crippen molar-refractivity contribution in [1.29, 1.82) is 0 Å². The van der Waals surface area contributed by atoms with Gasteiger partial charge in [-0.1, -0.05) is 0 Å². The molecule has 0 saturated carbocycles. The van der Waals surface area contributed by atoms with Crippen LogP contribution in [0.25, 0.3) is 0 Å². The van der Waals surface area contributed by atoms with E-state index in [4.69, 9.17) is 4.74 Å². The number of thiophene rings is 1. The van der Waals surface area contributed by atoms with Crippen LogP contribution in [0.5, 0.6) is 0 Å². The molecule has 0 radical (unpaired) electrons. The molecular weight excluding hydrogens is 220 g/mol. The van der Waals surface area contributed by atoms with Crippen LogP contribution >= 0.6 is 11.3 Å². The van der Waals surface area contributed by atoms with Crippen molar-refractivity contribution in [3.8, 4) is 0 Å². The Labute approximate surface area is 102 Å². The molecule has 0 aliphatic rings. The van der Waals surface area contributed by atoms with Crippen molar-refractivity contribution >= 4 is 11.3 Å². The molecule has 1 N–H and O–H groups in total. The van der Waals surface area contributed by atoms with Crippen LogP contribution in [0.1, 0.15) is 43.4 Å². The van der Waals surface area contributed by atoms with E-state index in [0.29, 0.717) is 6.42 Å². The van der Waals surface area contributed by atoms with Crippen molar-refractivity contribution in [3.05, 3.63) is 21.9 Å². The molecule has 1 unspecified atom stereocenters. The van der Waals surface area contributed by atoms with Gasteiger partial charge in [0.25, 0.3) is 0 Å². The molecule has 3 heteroatoms. The Kier molecular flexibility index (Phi) is 4.16. The molecule has 1 aromatic heterocycles. The molecule has 1 heterocycles. The minimum atomic E-state index is -0.741. The summed E-state index contributed by atoms with van der Waals surface area (Å²) < 4.78 is 5.37. The molecule has 1 aromatic rings. The summed E-state index contributed by atoms with van der Waals surface area (Å²) in [7, 11) is 1.71. The van der Waals surface area contributed by atoms with E-state index in [1.165, 1.54) is 4.88 Å². The molecule has 0 aliphatic carbocycles. The Balaban J connectivity index is 2.65. The average Bonchev–Trinajstić information content (AvgIpc) is 2.63. The highest BCUT2D eigenvalue weighted by molar-refractivity contribution is 7.12. The first-order chi connectivity index (χ1) is 7.27. The Morgan fingerprint density at radius 2 is 1.88 bits per heavy atom. The number of aliphatic hydroxyl groups is 1. The lowest BCUT2D eigenvalue weighted by Crippen LogP contribution is -2.28. The predicted molar refractivity (Wildman–Crippen MR) is 68.9 cm³/mol. The van der Waals surface area contributed by atoms with E-state index in [0.717, 1.165) is 11.3 Å². The van der Waals surface area contributed by atoms with E-state index in [2.05, 4.69) is 13.0 Å². The number of methoxy groups -OCH3 is 1. The molecule has 0 aliphatic heterocycles. The minimum Gasteiger partial charge on any atom is -0.385 e. The summed E-state index contributed by atoms with van der Waals surface area (Å²) in [5, 5.41) is 10.4. The highest BCUT2D eigenvalue weighted by Gasteiger charge is 2.28. The summed E-state index contributed by atoms with van der Waals surface area (Å²) in [6, 6.07) is 4.07. The van der Waals surface area contributed by atoms with Gasteiger partial charge < -0.3 is 9.84 Å². The molecule has 2 nitrogen and oxygen atoms in total. The predicted octanol–water partition coefficient (Wildman–Crippen LogP) is 3.47. The fourth-order valence-corrected chi connectivity index (χ4v) is 2.43. The van der Waals surface area contributed by atoms with Gasteiger partial charge in [0.15, 0.2) is 0 Å². The molecule has 0 spiro atoms. The molecule has 16 heavy (non-hydrogen) atoms. The summed E-state index contributed by atoms with van der Waals surface area (Å²) in [6.45, 7) is 8.03. The second-order valence-corrected chi connectivity index (χ2v) is 6.44. The first-order valence-electron chi connectivity index (χ1n) is 5.61. The summed E-state index contributed by atoms with van der Waals surface area (Å²) in [5.74, 6) is 0. The van der Waals surface area contributed by atoms with Crippen LogP contribution in [0.15, 0.2) is 12.1 Å². The Hall–Kier alpha value is -0.380. The third-order valence-electron chi connectivity index (χ3n) is 3.04. The average molecular weight is 242 g/mol. The molecule has 1 atom stereocenters. The highest BCUT2D eigenvalue weighted by Crippen LogP contribution is 2.33. The van der Waals surface area contributed by atoms with E-state index in [-0.39, 0.29) is 5.60 Å². The van der Waals surface area contributed by atoms with Gasteiger partial charge in [0.05, 0.1) is 11.2 Å². The molecule has 0 saturated heterocycles. The summed E-state index contributed by atoms with van der Waals surface area (Å²) >= 11 is 1.66. The Morgan fingerprint density at radius 3 is 2.31 bits per heavy atom. The number of hydrogen-bond donors (Lipinski definition) is 1. The zero-order chi connectivity index (χ0) is 12.4. The van der Waals surface area contributed by atoms with E-state index < -0.39 is 5.60 Å². The Morgan fingerprint density at radius 1 is 1.25 bits per heavy atom. The zero-order valence-corrected chi connectivity index (χ0v) is 11.6. The lowest BCUT2D eigenvalue weighted by atomic mass is 9.91. The molecule has 0 fully saturated rings. The standard InChI is InChI=1S/C13H22O2S/c1-10-6-7-11(16-10)13(4,14)9-8-12(2,3)15-5/h6-7,14H,8-9H2,1-5H3. The number of hydrogen-bond acceptors (Lipinski definition) is 3. The molecule has 1 rings (SSSR count). The summed E-state index contributed by atoms with van der Waals surface area (Å²) in [4.78, 5) is 2.28. The van der Waals surface area contributed by atoms with Gasteiger partial charge in [0, 0.05) is 16.9 Å². The van der Waals surface area contributed by atoms with Crippen molar-refractivity contribution in [2.24, 2.45) is 0 Å². The maximum absolute atomic E-state index is 10.4. The summed E-state index contributed by atoms with van der Waals surface area (Å²) in [6.07, 6.45) is 1.56. The van der Waals surface area contributed by atoms with Gasteiger partial charge in [-0.2, -0.15) is 0 Å². The lowest BCUT2D eigenvalue weighted by molar-refractivity contribution is -0.0198. The van der Waals surface area contributed by atoms with Crippen molar-refractivity contribution in [1.82, 2.24) is 0 Å². The molecule has 0 amide bonds. The highest BCUT2D eigenvalue weighted by atomic mass is 32.1. The summed E-state index contributed by atoms with van der Waals surface area (Å²) in [5.41, 5.74) is -0.912. The number of aryl methyl sites for hydroxylation is 1. The molecule has 0 bridgehead atoms. The monoisotopic (exact) mass is 242 g/mol. The maximum Gasteiger partial charge on any atom is 0.0961 e. The van der Waals surface area contributed by atoms with Gasteiger partial charge in [-0.05, 0) is 52.7 Å². The van der Waals surface area contributed by atoms with E-state index in [1.807, 2.05) is 26.8 Å². The number of ether oxygens (including phenoxy) is 1. The number of rotatable bonds is 5. The van der Waals surface area contributed by atoms with Crippen LogP contribution in [-0.4, -0.2) is 17.8 Å². The van der Waals surface area contributed by atoms with Crippen LogP contribution in [-0.2, 0) is 10.3 Å². The fourth-order valence-electron chi connectivity index (χ4n) is 1.49. The van der Waals surface area contributed by atoms with E-state index in [1.54, 1.807) is 18.4 Å². The second kappa shape index (κ2) is 4.86. The van der Waals surface area contributed by atoms with Crippen LogP contribution in [0.3, 0.4) is 0 Å². The van der Waals surface area contributed by atoms with Crippen molar-refractivity contribution < 1.29 is 9.84 Å². The molecular formula is C13H22O2S. The minimum absolute atomic E-state index is 0.170. The lowest BCUT2D eigenvalue weighted by Gasteiger charge is -2.28. The normalized spacial score (nSPS) is 16.1. The largest absolute Gasteiger partial charge is 0.385 e. The molecule has 92 valence electrons. The SMILES string of the molecule is COC(C)(C)CCC(C)(O)c1ccc(C)s1. The topological polar surface area (TPSA) is 29.5 Å². The first kappa shape index (κ1) is 13.7. The smallest absolute Gasteiger partial charge is 0.0961 e. The van der Waals surface area contributed by atoms with Gasteiger partial charge in [-0.25, -0.2) is 0 Å². The van der Waals surface area contributed by atoms with Crippen LogP contribution in [0.4, 0.5) is 0 Å². The van der Waals surface area contributed by atoms with Gasteiger partial charge in [-0.15, -0.1) is 11.3 Å². The van der Waals surface area contributed by atoms with Gasteiger partial charge in [0.1, 0.15) is 0 Å². The van der Waals surface area contributed by atoms with Crippen molar-refractivity contribution in [2.45, 2.75) is 51.7 Å². The fraction of sp³-hybridized carbons (Fsp3) is 0.692.